The Hall–Kier alpha value is -2.36. The van der Waals surface area contributed by atoms with Gasteiger partial charge in [-0.05, 0) is 31.5 Å². The smallest absolute Gasteiger partial charge is 0.261 e. The highest BCUT2D eigenvalue weighted by Crippen LogP contribution is 2.15. The van der Waals surface area contributed by atoms with E-state index < -0.39 is 11.9 Å². The van der Waals surface area contributed by atoms with Gasteiger partial charge in [0.05, 0.1) is 6.04 Å². The van der Waals surface area contributed by atoms with Gasteiger partial charge < -0.3 is 10.1 Å². The Morgan fingerprint density at radius 1 is 1.10 bits per heavy atom. The molecular weight excluding hydrogens is 269 g/mol. The minimum absolute atomic E-state index is 0.114. The zero-order valence-corrected chi connectivity index (χ0v) is 12.0. The van der Waals surface area contributed by atoms with E-state index in [0.717, 1.165) is 5.56 Å². The predicted molar refractivity (Wildman–Crippen MR) is 79.5 cm³/mol. The van der Waals surface area contributed by atoms with Gasteiger partial charge in [-0.1, -0.05) is 36.4 Å². The van der Waals surface area contributed by atoms with E-state index in [-0.39, 0.29) is 11.9 Å². The van der Waals surface area contributed by atoms with Crippen molar-refractivity contribution in [1.82, 2.24) is 5.32 Å². The van der Waals surface area contributed by atoms with Gasteiger partial charge >= 0.3 is 0 Å². The van der Waals surface area contributed by atoms with E-state index in [1.54, 1.807) is 19.1 Å². The van der Waals surface area contributed by atoms with Crippen molar-refractivity contribution in [3.8, 4) is 5.75 Å². The summed E-state index contributed by atoms with van der Waals surface area (Å²) >= 11 is 0. The molecule has 1 amide bonds. The van der Waals surface area contributed by atoms with Gasteiger partial charge in [0.1, 0.15) is 11.6 Å². The molecule has 2 aromatic rings. The quantitative estimate of drug-likeness (QED) is 0.914. The normalized spacial score (nSPS) is 13.3. The Morgan fingerprint density at radius 3 is 2.48 bits per heavy atom. The average molecular weight is 287 g/mol. The number of halogens is 1. The molecule has 0 aliphatic heterocycles. The number of carbonyl (C=O) groups is 1. The second-order valence-corrected chi connectivity index (χ2v) is 4.86. The molecule has 0 heterocycles. The fourth-order valence-electron chi connectivity index (χ4n) is 1.95. The number of ether oxygens (including phenoxy) is 1. The Labute approximate surface area is 123 Å². The van der Waals surface area contributed by atoms with Crippen molar-refractivity contribution < 1.29 is 13.9 Å². The lowest BCUT2D eigenvalue weighted by Crippen LogP contribution is -2.37. The maximum Gasteiger partial charge on any atom is 0.261 e. The molecule has 0 fully saturated rings. The SMILES string of the molecule is CC(Oc1cccc(F)c1)C(=O)NC(C)c1ccccc1. The van der Waals surface area contributed by atoms with Crippen LogP contribution in [0.4, 0.5) is 4.39 Å². The van der Waals surface area contributed by atoms with Crippen LogP contribution in [0, 0.1) is 5.82 Å². The summed E-state index contributed by atoms with van der Waals surface area (Å²) in [7, 11) is 0. The minimum Gasteiger partial charge on any atom is -0.481 e. The Bertz CT molecular complexity index is 601. The monoisotopic (exact) mass is 287 g/mol. The van der Waals surface area contributed by atoms with Crippen LogP contribution >= 0.6 is 0 Å². The molecule has 0 aliphatic carbocycles. The van der Waals surface area contributed by atoms with Crippen LogP contribution in [-0.4, -0.2) is 12.0 Å². The predicted octanol–water partition coefficient (Wildman–Crippen LogP) is 3.47. The van der Waals surface area contributed by atoms with Crippen molar-refractivity contribution in [2.75, 3.05) is 0 Å². The number of rotatable bonds is 5. The highest BCUT2D eigenvalue weighted by Gasteiger charge is 2.17. The summed E-state index contributed by atoms with van der Waals surface area (Å²) in [5.41, 5.74) is 1.02. The summed E-state index contributed by atoms with van der Waals surface area (Å²) in [6.45, 7) is 3.54. The summed E-state index contributed by atoms with van der Waals surface area (Å²) < 4.78 is 18.5. The molecule has 0 radical (unpaired) electrons. The molecule has 2 atom stereocenters. The second kappa shape index (κ2) is 6.88. The standard InChI is InChI=1S/C17H18FNO2/c1-12(14-7-4-3-5-8-14)19-17(20)13(2)21-16-10-6-9-15(18)11-16/h3-13H,1-2H3,(H,19,20). The first-order valence-electron chi connectivity index (χ1n) is 6.84. The number of carbonyl (C=O) groups excluding carboxylic acids is 1. The Balaban J connectivity index is 1.94. The van der Waals surface area contributed by atoms with Gasteiger partial charge in [-0.2, -0.15) is 0 Å². The number of hydrogen-bond acceptors (Lipinski definition) is 2. The molecule has 110 valence electrons. The van der Waals surface area contributed by atoms with E-state index in [1.807, 2.05) is 37.3 Å². The van der Waals surface area contributed by atoms with Crippen molar-refractivity contribution in [1.29, 1.82) is 0 Å². The van der Waals surface area contributed by atoms with Crippen LogP contribution in [0.2, 0.25) is 0 Å². The van der Waals surface area contributed by atoms with Crippen molar-refractivity contribution in [3.05, 3.63) is 66.0 Å². The van der Waals surface area contributed by atoms with E-state index in [9.17, 15) is 9.18 Å². The molecule has 0 saturated heterocycles. The largest absolute Gasteiger partial charge is 0.481 e. The van der Waals surface area contributed by atoms with Crippen molar-refractivity contribution in [2.45, 2.75) is 26.0 Å². The molecule has 0 aliphatic rings. The van der Waals surface area contributed by atoms with Crippen molar-refractivity contribution in [2.24, 2.45) is 0 Å². The lowest BCUT2D eigenvalue weighted by Gasteiger charge is -2.19. The van der Waals surface area contributed by atoms with Crippen molar-refractivity contribution in [3.63, 3.8) is 0 Å². The first-order valence-corrected chi connectivity index (χ1v) is 6.84. The lowest BCUT2D eigenvalue weighted by molar-refractivity contribution is -0.127. The maximum atomic E-state index is 13.1. The molecule has 2 rings (SSSR count). The van der Waals surface area contributed by atoms with Gasteiger partial charge in [0.25, 0.3) is 5.91 Å². The zero-order valence-electron chi connectivity index (χ0n) is 12.0. The molecule has 0 saturated carbocycles. The molecule has 0 spiro atoms. The van der Waals surface area contributed by atoms with Gasteiger partial charge in [-0.25, -0.2) is 4.39 Å². The topological polar surface area (TPSA) is 38.3 Å². The maximum absolute atomic E-state index is 13.1. The molecular formula is C17H18FNO2. The number of nitrogens with one attached hydrogen (secondary N) is 1. The highest BCUT2D eigenvalue weighted by atomic mass is 19.1. The summed E-state index contributed by atoms with van der Waals surface area (Å²) in [5, 5.41) is 2.87. The lowest BCUT2D eigenvalue weighted by atomic mass is 10.1. The molecule has 4 heteroatoms. The molecule has 0 bridgehead atoms. The van der Waals surface area contributed by atoms with Gasteiger partial charge in [-0.15, -0.1) is 0 Å². The molecule has 21 heavy (non-hydrogen) atoms. The first kappa shape index (κ1) is 15.0. The van der Waals surface area contributed by atoms with Gasteiger partial charge in [0, 0.05) is 6.07 Å². The summed E-state index contributed by atoms with van der Waals surface area (Å²) in [6, 6.07) is 15.3. The average Bonchev–Trinajstić information content (AvgIpc) is 2.48. The van der Waals surface area contributed by atoms with Crippen LogP contribution in [0.1, 0.15) is 25.5 Å². The van der Waals surface area contributed by atoms with E-state index in [2.05, 4.69) is 5.32 Å². The van der Waals surface area contributed by atoms with Gasteiger partial charge in [-0.3, -0.25) is 4.79 Å². The van der Waals surface area contributed by atoms with Crippen molar-refractivity contribution >= 4 is 5.91 Å². The zero-order chi connectivity index (χ0) is 15.2. The summed E-state index contributed by atoms with van der Waals surface area (Å²) in [5.74, 6) is -0.293. The van der Waals surface area contributed by atoms with Gasteiger partial charge in [0.15, 0.2) is 6.10 Å². The molecule has 0 aromatic heterocycles. The summed E-state index contributed by atoms with van der Waals surface area (Å²) in [4.78, 5) is 12.1. The number of benzene rings is 2. The fraction of sp³-hybridized carbons (Fsp3) is 0.235. The molecule has 2 aromatic carbocycles. The van der Waals surface area contributed by atoms with E-state index in [1.165, 1.54) is 12.1 Å². The second-order valence-electron chi connectivity index (χ2n) is 4.86. The third-order valence-electron chi connectivity index (χ3n) is 3.14. The fourth-order valence-corrected chi connectivity index (χ4v) is 1.95. The first-order chi connectivity index (χ1) is 10.1. The molecule has 3 nitrogen and oxygen atoms in total. The van der Waals surface area contributed by atoms with E-state index in [4.69, 9.17) is 4.74 Å². The van der Waals surface area contributed by atoms with Crippen LogP contribution in [0.3, 0.4) is 0 Å². The minimum atomic E-state index is -0.696. The van der Waals surface area contributed by atoms with Crippen LogP contribution < -0.4 is 10.1 Å². The van der Waals surface area contributed by atoms with Crippen LogP contribution in [0.15, 0.2) is 54.6 Å². The van der Waals surface area contributed by atoms with Crippen LogP contribution in [-0.2, 0) is 4.79 Å². The summed E-state index contributed by atoms with van der Waals surface area (Å²) in [6.07, 6.45) is -0.696. The third kappa shape index (κ3) is 4.31. The number of hydrogen-bond donors (Lipinski definition) is 1. The molecule has 1 N–H and O–H groups in total. The highest BCUT2D eigenvalue weighted by molar-refractivity contribution is 5.81. The van der Waals surface area contributed by atoms with Crippen LogP contribution in [0.25, 0.3) is 0 Å². The Morgan fingerprint density at radius 2 is 1.81 bits per heavy atom. The number of amides is 1. The third-order valence-corrected chi connectivity index (χ3v) is 3.14. The van der Waals surface area contributed by atoms with Gasteiger partial charge in [0.2, 0.25) is 0 Å². The Kier molecular flexibility index (Phi) is 4.93. The molecule has 2 unspecified atom stereocenters. The van der Waals surface area contributed by atoms with E-state index in [0.29, 0.717) is 5.75 Å². The van der Waals surface area contributed by atoms with E-state index >= 15 is 0 Å². The van der Waals surface area contributed by atoms with Crippen LogP contribution in [0.5, 0.6) is 5.75 Å².